The number of nitrogens with one attached hydrogen (secondary N) is 1. The smallest absolute Gasteiger partial charge is 0.303 e. The second kappa shape index (κ2) is 8.06. The molecule has 94 valence electrons. The average molecular weight is 231 g/mol. The van der Waals surface area contributed by atoms with E-state index in [1.54, 1.807) is 0 Å². The lowest BCUT2D eigenvalue weighted by atomic mass is 10.2. The molecular formula is C10H21N3O3. The zero-order valence-electron chi connectivity index (χ0n) is 9.90. The van der Waals surface area contributed by atoms with Crippen molar-refractivity contribution in [2.45, 2.75) is 31.8 Å². The van der Waals surface area contributed by atoms with Gasteiger partial charge < -0.3 is 21.1 Å². The summed E-state index contributed by atoms with van der Waals surface area (Å²) in [5, 5.41) is 11.0. The number of hydrogen-bond acceptors (Lipinski definition) is 4. The second-order valence-electron chi connectivity index (χ2n) is 4.01. The number of hydrogen-bond donors (Lipinski definition) is 3. The molecule has 1 atom stereocenters. The third-order valence-electron chi connectivity index (χ3n) is 2.04. The van der Waals surface area contributed by atoms with Crippen LogP contribution in [0.4, 0.5) is 0 Å². The van der Waals surface area contributed by atoms with Crippen molar-refractivity contribution < 1.29 is 14.7 Å². The number of carboxylic acids is 1. The Morgan fingerprint density at radius 1 is 1.38 bits per heavy atom. The van der Waals surface area contributed by atoms with Crippen LogP contribution in [0.5, 0.6) is 0 Å². The Bertz CT molecular complexity index is 231. The quantitative estimate of drug-likeness (QED) is 0.494. The number of carbonyl (C=O) groups is 2. The molecule has 0 aromatic rings. The van der Waals surface area contributed by atoms with Gasteiger partial charge in [0.15, 0.2) is 0 Å². The third kappa shape index (κ3) is 9.42. The summed E-state index contributed by atoms with van der Waals surface area (Å²) < 4.78 is 0. The van der Waals surface area contributed by atoms with E-state index in [0.717, 1.165) is 0 Å². The number of aliphatic carboxylic acids is 1. The summed E-state index contributed by atoms with van der Waals surface area (Å²) in [6.45, 7) is 0.674. The van der Waals surface area contributed by atoms with Gasteiger partial charge in [0.2, 0.25) is 5.91 Å². The molecule has 0 heterocycles. The minimum Gasteiger partial charge on any atom is -0.481 e. The van der Waals surface area contributed by atoms with Crippen molar-refractivity contribution in [3.8, 4) is 0 Å². The highest BCUT2D eigenvalue weighted by Gasteiger charge is 2.08. The van der Waals surface area contributed by atoms with Crippen LogP contribution in [0, 0.1) is 0 Å². The molecule has 0 rings (SSSR count). The van der Waals surface area contributed by atoms with Crippen LogP contribution >= 0.6 is 0 Å². The Balaban J connectivity index is 3.57. The van der Waals surface area contributed by atoms with E-state index in [4.69, 9.17) is 10.8 Å². The molecule has 16 heavy (non-hydrogen) atoms. The first kappa shape index (κ1) is 14.9. The lowest BCUT2D eigenvalue weighted by Crippen LogP contribution is -2.42. The van der Waals surface area contributed by atoms with Crippen LogP contribution in [0.1, 0.15) is 25.7 Å². The summed E-state index contributed by atoms with van der Waals surface area (Å²) in [7, 11) is 3.78. The van der Waals surface area contributed by atoms with Crippen LogP contribution in [-0.4, -0.2) is 48.7 Å². The van der Waals surface area contributed by atoms with E-state index in [1.165, 1.54) is 0 Å². The lowest BCUT2D eigenvalue weighted by molar-refractivity contribution is -0.137. The largest absolute Gasteiger partial charge is 0.481 e. The molecule has 0 aliphatic rings. The molecule has 4 N–H and O–H groups in total. The average Bonchev–Trinajstić information content (AvgIpc) is 2.14. The van der Waals surface area contributed by atoms with E-state index in [2.05, 4.69) is 5.32 Å². The third-order valence-corrected chi connectivity index (χ3v) is 2.04. The fourth-order valence-corrected chi connectivity index (χ4v) is 1.15. The number of amides is 1. The van der Waals surface area contributed by atoms with Crippen molar-refractivity contribution in [3.05, 3.63) is 0 Å². The summed E-state index contributed by atoms with van der Waals surface area (Å²) in [5.41, 5.74) is 5.63. The fraction of sp³-hybridized carbons (Fsp3) is 0.800. The Kier molecular flexibility index (Phi) is 7.49. The van der Waals surface area contributed by atoms with E-state index in [-0.39, 0.29) is 12.3 Å². The van der Waals surface area contributed by atoms with E-state index in [1.807, 2.05) is 19.0 Å². The molecule has 0 saturated carbocycles. The van der Waals surface area contributed by atoms with Crippen molar-refractivity contribution in [2.24, 2.45) is 5.73 Å². The van der Waals surface area contributed by atoms with Crippen molar-refractivity contribution in [1.29, 1.82) is 0 Å². The molecule has 6 heteroatoms. The predicted octanol–water partition coefficient (Wildman–Crippen LogP) is -0.406. The maximum atomic E-state index is 11.3. The Morgan fingerprint density at radius 2 is 2.00 bits per heavy atom. The zero-order valence-corrected chi connectivity index (χ0v) is 9.90. The number of carbonyl (C=O) groups excluding carboxylic acids is 1. The highest BCUT2D eigenvalue weighted by molar-refractivity contribution is 5.76. The summed E-state index contributed by atoms with van der Waals surface area (Å²) in [4.78, 5) is 23.5. The van der Waals surface area contributed by atoms with Gasteiger partial charge in [-0.25, -0.2) is 0 Å². The van der Waals surface area contributed by atoms with E-state index in [9.17, 15) is 9.59 Å². The summed E-state index contributed by atoms with van der Waals surface area (Å²) >= 11 is 0. The van der Waals surface area contributed by atoms with Gasteiger partial charge in [-0.2, -0.15) is 0 Å². The first-order valence-corrected chi connectivity index (χ1v) is 5.33. The zero-order chi connectivity index (χ0) is 12.6. The Hall–Kier alpha value is -1.14. The Labute approximate surface area is 95.8 Å². The maximum absolute atomic E-state index is 11.3. The molecular weight excluding hydrogens is 210 g/mol. The van der Waals surface area contributed by atoms with Crippen LogP contribution in [0.15, 0.2) is 0 Å². The van der Waals surface area contributed by atoms with Gasteiger partial charge in [0.1, 0.15) is 0 Å². The highest BCUT2D eigenvalue weighted by atomic mass is 16.4. The predicted molar refractivity (Wildman–Crippen MR) is 60.8 cm³/mol. The van der Waals surface area contributed by atoms with Crippen LogP contribution in [0.25, 0.3) is 0 Å². The molecule has 0 saturated heterocycles. The SMILES string of the molecule is CN(C)CCC(=O)NC(N)CCCC(=O)O. The summed E-state index contributed by atoms with van der Waals surface area (Å²) in [6.07, 6.45) is 1.000. The molecule has 0 fully saturated rings. The molecule has 0 aliphatic carbocycles. The standard InChI is InChI=1S/C10H21N3O3/c1-13(2)7-6-9(14)12-8(11)4-3-5-10(15)16/h8H,3-7,11H2,1-2H3,(H,12,14)(H,15,16). The highest BCUT2D eigenvalue weighted by Crippen LogP contribution is 1.97. The van der Waals surface area contributed by atoms with Gasteiger partial charge >= 0.3 is 5.97 Å². The van der Waals surface area contributed by atoms with E-state index in [0.29, 0.717) is 25.8 Å². The molecule has 0 aliphatic heterocycles. The second-order valence-corrected chi connectivity index (χ2v) is 4.01. The van der Waals surface area contributed by atoms with Crippen LogP contribution < -0.4 is 11.1 Å². The molecule has 1 unspecified atom stereocenters. The first-order chi connectivity index (χ1) is 7.41. The topological polar surface area (TPSA) is 95.7 Å². The van der Waals surface area contributed by atoms with E-state index < -0.39 is 12.1 Å². The molecule has 1 amide bonds. The van der Waals surface area contributed by atoms with Crippen molar-refractivity contribution in [1.82, 2.24) is 10.2 Å². The summed E-state index contributed by atoms with van der Waals surface area (Å²) in [6, 6.07) is 0. The van der Waals surface area contributed by atoms with Gasteiger partial charge in [0.05, 0.1) is 6.17 Å². The molecule has 0 bridgehead atoms. The van der Waals surface area contributed by atoms with Crippen LogP contribution in [0.2, 0.25) is 0 Å². The minimum atomic E-state index is -0.842. The molecule has 6 nitrogen and oxygen atoms in total. The Morgan fingerprint density at radius 3 is 2.50 bits per heavy atom. The molecule has 0 radical (unpaired) electrons. The number of rotatable bonds is 8. The first-order valence-electron chi connectivity index (χ1n) is 5.33. The monoisotopic (exact) mass is 231 g/mol. The van der Waals surface area contributed by atoms with Gasteiger partial charge in [-0.3, -0.25) is 9.59 Å². The molecule has 0 spiro atoms. The normalized spacial score (nSPS) is 12.5. The lowest BCUT2D eigenvalue weighted by Gasteiger charge is -2.14. The molecule has 0 aromatic carbocycles. The van der Waals surface area contributed by atoms with Crippen molar-refractivity contribution >= 4 is 11.9 Å². The van der Waals surface area contributed by atoms with Crippen molar-refractivity contribution in [3.63, 3.8) is 0 Å². The fourth-order valence-electron chi connectivity index (χ4n) is 1.15. The number of carboxylic acid groups (broad SMARTS) is 1. The van der Waals surface area contributed by atoms with Crippen LogP contribution in [0.3, 0.4) is 0 Å². The van der Waals surface area contributed by atoms with E-state index >= 15 is 0 Å². The van der Waals surface area contributed by atoms with Gasteiger partial charge in [0, 0.05) is 19.4 Å². The van der Waals surface area contributed by atoms with Crippen LogP contribution in [-0.2, 0) is 9.59 Å². The van der Waals surface area contributed by atoms with Gasteiger partial charge in [-0.05, 0) is 26.9 Å². The molecule has 0 aromatic heterocycles. The maximum Gasteiger partial charge on any atom is 0.303 e. The van der Waals surface area contributed by atoms with Gasteiger partial charge in [-0.15, -0.1) is 0 Å². The van der Waals surface area contributed by atoms with Gasteiger partial charge in [-0.1, -0.05) is 0 Å². The number of nitrogens with zero attached hydrogens (tertiary/aromatic N) is 1. The minimum absolute atomic E-state index is 0.0846. The summed E-state index contributed by atoms with van der Waals surface area (Å²) in [5.74, 6) is -0.942. The van der Waals surface area contributed by atoms with Crippen molar-refractivity contribution in [2.75, 3.05) is 20.6 Å². The van der Waals surface area contributed by atoms with Gasteiger partial charge in [0.25, 0.3) is 0 Å². The number of nitrogens with two attached hydrogens (primary N) is 1.